The fourth-order valence-corrected chi connectivity index (χ4v) is 10.5. The molecule has 0 heterocycles. The van der Waals surface area contributed by atoms with Gasteiger partial charge in [0.25, 0.3) is 0 Å². The third kappa shape index (κ3) is 27.0. The quantitative estimate of drug-likeness (QED) is 0.165. The van der Waals surface area contributed by atoms with Crippen molar-refractivity contribution < 1.29 is 0 Å². The van der Waals surface area contributed by atoms with E-state index in [0.717, 1.165) is 6.42 Å². The van der Waals surface area contributed by atoms with Gasteiger partial charge in [-0.2, -0.15) is 0 Å². The molecular weight excluding hydrogens is 1150 g/mol. The molecule has 12 rings (SSSR count). The molecule has 0 bridgehead atoms. The number of benzene rings is 12. The van der Waals surface area contributed by atoms with Gasteiger partial charge < -0.3 is 0 Å². The lowest BCUT2D eigenvalue weighted by Gasteiger charge is -2.24. The van der Waals surface area contributed by atoms with E-state index in [1.807, 2.05) is 0 Å². The Balaban J connectivity index is 0.000000201. The van der Waals surface area contributed by atoms with Crippen molar-refractivity contribution in [2.45, 2.75) is 176 Å². The maximum absolute atomic E-state index is 2.33. The average molecular weight is 1270 g/mol. The van der Waals surface area contributed by atoms with Crippen molar-refractivity contribution in [3.63, 3.8) is 0 Å². The molecule has 12 aromatic rings. The van der Waals surface area contributed by atoms with Gasteiger partial charge in [-0.3, -0.25) is 0 Å². The molecule has 0 saturated carbocycles. The first kappa shape index (κ1) is 77.6. The number of hydrogen-bond acceptors (Lipinski definition) is 0. The summed E-state index contributed by atoms with van der Waals surface area (Å²) in [6.45, 7) is 49.8. The highest BCUT2D eigenvalue weighted by Gasteiger charge is 2.18. The summed E-state index contributed by atoms with van der Waals surface area (Å²) < 4.78 is 0. The molecule has 0 N–H and O–H groups in total. The van der Waals surface area contributed by atoms with Gasteiger partial charge >= 0.3 is 0 Å². The van der Waals surface area contributed by atoms with E-state index in [2.05, 4.69) is 420 Å². The lowest BCUT2D eigenvalue weighted by atomic mass is 9.81. The molecule has 498 valence electrons. The highest BCUT2D eigenvalue weighted by Crippen LogP contribution is 2.29. The summed E-state index contributed by atoms with van der Waals surface area (Å²) in [5.74, 6) is 0. The van der Waals surface area contributed by atoms with Crippen molar-refractivity contribution in [1.29, 1.82) is 0 Å². The van der Waals surface area contributed by atoms with E-state index in [1.54, 1.807) is 0 Å². The fraction of sp³-hybridized carbons (Fsp3) is 0.271. The van der Waals surface area contributed by atoms with Crippen molar-refractivity contribution in [2.24, 2.45) is 0 Å². The Bertz CT molecular complexity index is 4080. The van der Waals surface area contributed by atoms with Crippen LogP contribution in [0.25, 0.3) is 33.0 Å². The van der Waals surface area contributed by atoms with E-state index in [9.17, 15) is 0 Å². The van der Waals surface area contributed by atoms with Gasteiger partial charge in [0, 0.05) is 0 Å². The summed E-state index contributed by atoms with van der Waals surface area (Å²) in [4.78, 5) is 0. The largest absolute Gasteiger partial charge is 0.0620 e. The van der Waals surface area contributed by atoms with Crippen LogP contribution in [-0.2, 0) is 17.3 Å². The van der Waals surface area contributed by atoms with Crippen molar-refractivity contribution >= 4 is 10.8 Å². The van der Waals surface area contributed by atoms with Crippen LogP contribution in [0, 0.1) is 118 Å². The van der Waals surface area contributed by atoms with Crippen LogP contribution in [0.2, 0.25) is 0 Å². The SMILES string of the molecule is CC(C)(C)c1cccc(C(C)(C)C)c1.Cc1ccc(-c2ccc(C)c(C)c2)cc1C.Cc1ccc(-c2ccc(C)cc2)cc1.Cc1ccc(C)c(C)c1.Cc1ccc(C)cc1.Cc1ccc(Cc2ccccc2C)cc1.Cc1cccc(C)c1.Cc1cccc2c(C)cccc12. The number of hydrogen-bond donors (Lipinski definition) is 0. The highest BCUT2D eigenvalue weighted by molar-refractivity contribution is 5.88. The first-order valence-corrected chi connectivity index (χ1v) is 34.4. The Morgan fingerprint density at radius 2 is 0.500 bits per heavy atom. The normalized spacial score (nSPS) is 10.5. The molecule has 0 atom stereocenters. The smallest absolute Gasteiger partial charge is 0.00231 e. The van der Waals surface area contributed by atoms with Crippen molar-refractivity contribution in [3.8, 4) is 22.3 Å². The minimum Gasteiger partial charge on any atom is -0.0620 e. The average Bonchev–Trinajstić information content (AvgIpc) is 0.868. The molecule has 0 nitrogen and oxygen atoms in total. The van der Waals surface area contributed by atoms with Crippen LogP contribution in [-0.4, -0.2) is 0 Å². The molecule has 0 amide bonds. The molecule has 0 aromatic heterocycles. The minimum absolute atomic E-state index is 0.251. The molecular formula is C96H114. The second-order valence-electron chi connectivity index (χ2n) is 28.6. The molecule has 96 heavy (non-hydrogen) atoms. The molecule has 0 aliphatic heterocycles. The van der Waals surface area contributed by atoms with E-state index < -0.39 is 0 Å². The summed E-state index contributed by atoms with van der Waals surface area (Å²) in [7, 11) is 0. The molecule has 12 aromatic carbocycles. The summed E-state index contributed by atoms with van der Waals surface area (Å²) in [6.07, 6.45) is 1.03. The molecule has 0 unspecified atom stereocenters. The van der Waals surface area contributed by atoms with Gasteiger partial charge in [0.15, 0.2) is 0 Å². The molecule has 0 saturated heterocycles. The summed E-state index contributed by atoms with van der Waals surface area (Å²) in [6, 6.07) is 93.2. The predicted molar refractivity (Wildman–Crippen MR) is 427 cm³/mol. The molecule has 0 heteroatoms. The Hall–Kier alpha value is -9.10. The van der Waals surface area contributed by atoms with Gasteiger partial charge in [-0.1, -0.05) is 347 Å². The zero-order chi connectivity index (χ0) is 70.7. The van der Waals surface area contributed by atoms with Crippen LogP contribution in [0.3, 0.4) is 0 Å². The molecule has 0 spiro atoms. The third-order valence-electron chi connectivity index (χ3n) is 17.6. The monoisotopic (exact) mass is 1270 g/mol. The van der Waals surface area contributed by atoms with E-state index in [1.165, 1.54) is 150 Å². The van der Waals surface area contributed by atoms with Gasteiger partial charge in [-0.15, -0.1) is 0 Å². The van der Waals surface area contributed by atoms with Gasteiger partial charge in [-0.05, 0) is 240 Å². The lowest BCUT2D eigenvalue weighted by Crippen LogP contribution is -2.15. The Morgan fingerprint density at radius 3 is 0.844 bits per heavy atom. The van der Waals surface area contributed by atoms with Crippen LogP contribution >= 0.6 is 0 Å². The zero-order valence-electron chi connectivity index (χ0n) is 63.0. The van der Waals surface area contributed by atoms with Crippen LogP contribution in [0.4, 0.5) is 0 Å². The first-order chi connectivity index (χ1) is 45.4. The molecule has 0 fully saturated rings. The van der Waals surface area contributed by atoms with E-state index in [4.69, 9.17) is 0 Å². The summed E-state index contributed by atoms with van der Waals surface area (Å²) in [5, 5.41) is 2.75. The Morgan fingerprint density at radius 1 is 0.198 bits per heavy atom. The van der Waals surface area contributed by atoms with E-state index in [-0.39, 0.29) is 10.8 Å². The summed E-state index contributed by atoms with van der Waals surface area (Å²) in [5.41, 5.74) is 34.2. The van der Waals surface area contributed by atoms with Crippen LogP contribution in [0.5, 0.6) is 0 Å². The Kier molecular flexibility index (Phi) is 30.6. The Labute approximate surface area is 583 Å². The minimum atomic E-state index is 0.251. The standard InChI is InChI=1S/C16H18.C15H16.C14H14.C14H22.C12H12.C9H12.2C8H10/c1-11-5-7-15(9-13(11)3)16-8-6-12(2)14(4)10-16;1-12-7-9-14(10-8-12)11-15-6-4-3-5-13(15)2;1-11-3-7-13(8-4-11)14-9-5-12(2)6-10-14;1-13(2,3)11-8-7-9-12(10-11)14(4,5)6;1-9-5-3-8-12-10(2)6-4-7-11(9)12;1-7-4-5-8(2)9(3)6-7;1-7-3-5-8(2)6-4-7;1-7-4-3-5-8(2)6-7/h5-10H,1-4H3;3-10H,11H2,1-2H3;3-10H,1-2H3;7-10H,1-6H3;3-8H,1-2H3;4-6H,1-3H3;2*3-6H,1-2H3. The first-order valence-electron chi connectivity index (χ1n) is 34.4. The van der Waals surface area contributed by atoms with Crippen LogP contribution in [0.1, 0.15) is 158 Å². The fourth-order valence-electron chi connectivity index (χ4n) is 10.5. The lowest BCUT2D eigenvalue weighted by molar-refractivity contribution is 0.568. The van der Waals surface area contributed by atoms with Crippen LogP contribution < -0.4 is 0 Å². The molecule has 0 aliphatic rings. The second-order valence-corrected chi connectivity index (χ2v) is 28.6. The number of aryl methyl sites for hydroxylation is 17. The molecule has 0 aliphatic carbocycles. The maximum atomic E-state index is 2.33. The van der Waals surface area contributed by atoms with Gasteiger partial charge in [0.2, 0.25) is 0 Å². The number of fused-ring (bicyclic) bond motifs is 1. The number of rotatable bonds is 4. The van der Waals surface area contributed by atoms with Gasteiger partial charge in [-0.25, -0.2) is 0 Å². The molecule has 0 radical (unpaired) electrons. The van der Waals surface area contributed by atoms with E-state index >= 15 is 0 Å². The third-order valence-corrected chi connectivity index (χ3v) is 17.6. The maximum Gasteiger partial charge on any atom is -0.00231 e. The van der Waals surface area contributed by atoms with Crippen molar-refractivity contribution in [2.75, 3.05) is 0 Å². The second kappa shape index (κ2) is 37.9. The predicted octanol–water partition coefficient (Wildman–Crippen LogP) is 27.4. The zero-order valence-corrected chi connectivity index (χ0v) is 63.0. The van der Waals surface area contributed by atoms with Gasteiger partial charge in [0.1, 0.15) is 0 Å². The topological polar surface area (TPSA) is 0 Å². The van der Waals surface area contributed by atoms with Crippen LogP contribution in [0.15, 0.2) is 261 Å². The summed E-state index contributed by atoms with van der Waals surface area (Å²) >= 11 is 0. The van der Waals surface area contributed by atoms with Crippen molar-refractivity contribution in [3.05, 3.63) is 378 Å². The van der Waals surface area contributed by atoms with Crippen molar-refractivity contribution in [1.82, 2.24) is 0 Å². The van der Waals surface area contributed by atoms with Gasteiger partial charge in [0.05, 0.1) is 0 Å². The van der Waals surface area contributed by atoms with E-state index in [0.29, 0.717) is 0 Å². The highest BCUT2D eigenvalue weighted by atomic mass is 14.2.